The number of hydrogen-bond donors (Lipinski definition) is 4. The quantitative estimate of drug-likeness (QED) is 0.243. The number of nitrogens with zero attached hydrogens (tertiary/aromatic N) is 1. The third kappa shape index (κ3) is 8.27. The standard InChI is InChI=1S/C35H53N5O6/c1-20(2)25-14-15-40(29(25)32(43)37-26(30(41)31(36)42)16-21-10-9-11-21)33(44)28(24-17-22-12-7-8-13-23(22)18-24)39-34(45)38-27(19-46-6)35(3,4)5/h7-8,12-13,20-21,24-29H,9-11,14-19H2,1-6H3,(H2,36,42)(H,37,43)(H2,38,39,45)/t25-,26?,27?,28?,29?/m1/s1. The Labute approximate surface area is 273 Å². The second-order valence-electron chi connectivity index (χ2n) is 14.9. The normalized spacial score (nSPS) is 22.0. The minimum absolute atomic E-state index is 0.0671. The van der Waals surface area contributed by atoms with Gasteiger partial charge in [0, 0.05) is 13.7 Å². The molecule has 46 heavy (non-hydrogen) atoms. The number of hydrogen-bond acceptors (Lipinski definition) is 6. The van der Waals surface area contributed by atoms with Crippen LogP contribution in [-0.4, -0.2) is 78.9 Å². The van der Waals surface area contributed by atoms with Gasteiger partial charge in [-0.05, 0) is 65.9 Å². The van der Waals surface area contributed by atoms with Crippen LogP contribution < -0.4 is 21.7 Å². The van der Waals surface area contributed by atoms with Crippen LogP contribution in [0.15, 0.2) is 24.3 Å². The van der Waals surface area contributed by atoms with Gasteiger partial charge in [0.25, 0.3) is 5.91 Å². The summed E-state index contributed by atoms with van der Waals surface area (Å²) in [5, 5.41) is 8.85. The molecule has 5 amide bonds. The topological polar surface area (TPSA) is 160 Å². The molecule has 0 radical (unpaired) electrons. The monoisotopic (exact) mass is 639 g/mol. The Morgan fingerprint density at radius 1 is 0.978 bits per heavy atom. The maximum absolute atomic E-state index is 14.6. The molecule has 5 N–H and O–H groups in total. The number of nitrogens with two attached hydrogens (primary N) is 1. The van der Waals surface area contributed by atoms with E-state index in [1.54, 1.807) is 12.0 Å². The van der Waals surface area contributed by atoms with E-state index in [9.17, 15) is 24.0 Å². The number of methoxy groups -OCH3 is 1. The van der Waals surface area contributed by atoms with E-state index >= 15 is 0 Å². The van der Waals surface area contributed by atoms with Gasteiger partial charge in [0.05, 0.1) is 18.7 Å². The first-order chi connectivity index (χ1) is 21.7. The Morgan fingerprint density at radius 2 is 1.61 bits per heavy atom. The van der Waals surface area contributed by atoms with Crippen LogP contribution in [0, 0.1) is 29.1 Å². The number of carbonyl (C=O) groups is 5. The van der Waals surface area contributed by atoms with Gasteiger partial charge >= 0.3 is 6.03 Å². The number of primary amides is 1. The number of urea groups is 1. The number of ether oxygens (including phenoxy) is 1. The first-order valence-corrected chi connectivity index (χ1v) is 16.8. The van der Waals surface area contributed by atoms with Crippen molar-refractivity contribution >= 4 is 29.5 Å². The fourth-order valence-electron chi connectivity index (χ4n) is 7.22. The number of benzene rings is 1. The number of ketones is 1. The zero-order chi connectivity index (χ0) is 33.8. The number of Topliss-reactive ketones (excluding diaryl/α,β-unsaturated/α-hetero) is 1. The highest BCUT2D eigenvalue weighted by molar-refractivity contribution is 6.37. The van der Waals surface area contributed by atoms with Crippen LogP contribution in [0.25, 0.3) is 0 Å². The van der Waals surface area contributed by atoms with E-state index in [-0.39, 0.29) is 41.0 Å². The number of amides is 5. The first-order valence-electron chi connectivity index (χ1n) is 16.8. The van der Waals surface area contributed by atoms with Crippen molar-refractivity contribution in [3.63, 3.8) is 0 Å². The fraction of sp³-hybridized carbons (Fsp3) is 0.686. The van der Waals surface area contributed by atoms with Gasteiger partial charge in [-0.1, -0.05) is 78.1 Å². The third-order valence-electron chi connectivity index (χ3n) is 10.3. The summed E-state index contributed by atoms with van der Waals surface area (Å²) in [6, 6.07) is 4.48. The average molecular weight is 640 g/mol. The van der Waals surface area contributed by atoms with Crippen molar-refractivity contribution in [1.82, 2.24) is 20.9 Å². The van der Waals surface area contributed by atoms with E-state index in [1.165, 1.54) is 0 Å². The second kappa shape index (κ2) is 15.0. The van der Waals surface area contributed by atoms with Gasteiger partial charge in [-0.15, -0.1) is 0 Å². The third-order valence-corrected chi connectivity index (χ3v) is 10.3. The lowest BCUT2D eigenvalue weighted by atomic mass is 9.80. The van der Waals surface area contributed by atoms with Crippen molar-refractivity contribution in [3.8, 4) is 0 Å². The Morgan fingerprint density at radius 3 is 2.11 bits per heavy atom. The molecule has 5 atom stereocenters. The van der Waals surface area contributed by atoms with Crippen molar-refractivity contribution in [2.24, 2.45) is 34.8 Å². The summed E-state index contributed by atoms with van der Waals surface area (Å²) < 4.78 is 5.36. The zero-order valence-electron chi connectivity index (χ0n) is 28.3. The second-order valence-corrected chi connectivity index (χ2v) is 14.9. The van der Waals surface area contributed by atoms with Gasteiger partial charge in [0.15, 0.2) is 0 Å². The van der Waals surface area contributed by atoms with E-state index in [0.29, 0.717) is 38.8 Å². The van der Waals surface area contributed by atoms with E-state index < -0.39 is 41.8 Å². The minimum Gasteiger partial charge on any atom is -0.383 e. The van der Waals surface area contributed by atoms with Crippen LogP contribution >= 0.6 is 0 Å². The predicted molar refractivity (Wildman–Crippen MR) is 174 cm³/mol. The van der Waals surface area contributed by atoms with Gasteiger partial charge in [0.1, 0.15) is 12.1 Å². The molecule has 1 saturated carbocycles. The summed E-state index contributed by atoms with van der Waals surface area (Å²) in [4.78, 5) is 68.5. The van der Waals surface area contributed by atoms with Crippen LogP contribution in [-0.2, 0) is 36.8 Å². The molecule has 4 unspecified atom stereocenters. The van der Waals surface area contributed by atoms with Crippen molar-refractivity contribution in [2.45, 2.75) is 104 Å². The Balaban J connectivity index is 1.60. The van der Waals surface area contributed by atoms with Gasteiger partial charge in [-0.3, -0.25) is 19.2 Å². The lowest BCUT2D eigenvalue weighted by Crippen LogP contribution is -2.61. The molecular weight excluding hydrogens is 586 g/mol. The molecule has 0 aromatic heterocycles. The molecule has 0 spiro atoms. The molecule has 2 fully saturated rings. The van der Waals surface area contributed by atoms with E-state index in [1.807, 2.05) is 58.9 Å². The zero-order valence-corrected chi connectivity index (χ0v) is 28.3. The van der Waals surface area contributed by atoms with Crippen molar-refractivity contribution < 1.29 is 28.7 Å². The highest BCUT2D eigenvalue weighted by Gasteiger charge is 2.48. The lowest BCUT2D eigenvalue weighted by Gasteiger charge is -2.36. The molecule has 4 rings (SSSR count). The van der Waals surface area contributed by atoms with Crippen LogP contribution in [0.2, 0.25) is 0 Å². The largest absolute Gasteiger partial charge is 0.383 e. The highest BCUT2D eigenvalue weighted by atomic mass is 16.5. The summed E-state index contributed by atoms with van der Waals surface area (Å²) in [6.45, 7) is 10.7. The number of nitrogens with one attached hydrogen (secondary N) is 3. The van der Waals surface area contributed by atoms with Gasteiger partial charge < -0.3 is 31.3 Å². The highest BCUT2D eigenvalue weighted by Crippen LogP contribution is 2.35. The van der Waals surface area contributed by atoms with Crippen LogP contribution in [0.4, 0.5) is 4.79 Å². The Hall–Kier alpha value is -3.47. The van der Waals surface area contributed by atoms with Crippen molar-refractivity contribution in [3.05, 3.63) is 35.4 Å². The summed E-state index contributed by atoms with van der Waals surface area (Å²) in [6.07, 6.45) is 5.09. The molecule has 2 aliphatic carbocycles. The van der Waals surface area contributed by atoms with E-state index in [2.05, 4.69) is 16.0 Å². The molecule has 1 aromatic rings. The molecule has 1 saturated heterocycles. The van der Waals surface area contributed by atoms with Gasteiger partial charge in [-0.2, -0.15) is 0 Å². The van der Waals surface area contributed by atoms with Crippen molar-refractivity contribution in [2.75, 3.05) is 20.3 Å². The van der Waals surface area contributed by atoms with Crippen molar-refractivity contribution in [1.29, 1.82) is 0 Å². The van der Waals surface area contributed by atoms with Crippen LogP contribution in [0.1, 0.15) is 77.8 Å². The molecule has 11 nitrogen and oxygen atoms in total. The average Bonchev–Trinajstić information content (AvgIpc) is 3.60. The van der Waals surface area contributed by atoms with Gasteiger partial charge in [0.2, 0.25) is 17.6 Å². The lowest BCUT2D eigenvalue weighted by molar-refractivity contribution is -0.144. The van der Waals surface area contributed by atoms with E-state index in [4.69, 9.17) is 10.5 Å². The fourth-order valence-corrected chi connectivity index (χ4v) is 7.22. The SMILES string of the molecule is COCC(NC(=O)NC(C(=O)N1CC[C@H](C(C)C)C1C(=O)NC(CC1CCC1)C(=O)C(N)=O)C1Cc2ccccc2C1)C(C)(C)C. The molecule has 0 bridgehead atoms. The van der Waals surface area contributed by atoms with E-state index in [0.717, 1.165) is 30.4 Å². The number of carbonyl (C=O) groups excluding carboxylic acids is 5. The molecule has 1 heterocycles. The molecule has 254 valence electrons. The molecule has 1 aromatic carbocycles. The van der Waals surface area contributed by atoms with Crippen LogP contribution in [0.3, 0.4) is 0 Å². The number of rotatable bonds is 13. The number of likely N-dealkylation sites (tertiary alicyclic amines) is 1. The molecule has 1 aliphatic heterocycles. The summed E-state index contributed by atoms with van der Waals surface area (Å²) in [5.41, 5.74) is 7.35. The Bertz CT molecular complexity index is 1260. The molecule has 11 heteroatoms. The molecule has 3 aliphatic rings. The van der Waals surface area contributed by atoms with Crippen LogP contribution in [0.5, 0.6) is 0 Å². The summed E-state index contributed by atoms with van der Waals surface area (Å²) in [7, 11) is 1.58. The predicted octanol–water partition coefficient (Wildman–Crippen LogP) is 2.73. The smallest absolute Gasteiger partial charge is 0.315 e. The molecular formula is C35H53N5O6. The Kier molecular flexibility index (Phi) is 11.5. The number of fused-ring (bicyclic) bond motifs is 1. The minimum atomic E-state index is -1.08. The summed E-state index contributed by atoms with van der Waals surface area (Å²) >= 11 is 0. The van der Waals surface area contributed by atoms with Gasteiger partial charge in [-0.25, -0.2) is 4.79 Å². The maximum Gasteiger partial charge on any atom is 0.315 e. The maximum atomic E-state index is 14.6. The first kappa shape index (κ1) is 35.4. The summed E-state index contributed by atoms with van der Waals surface area (Å²) in [5.74, 6) is -2.76.